The highest BCUT2D eigenvalue weighted by atomic mass is 16.5. The maximum Gasteiger partial charge on any atom is 0.161 e. The molecule has 1 saturated heterocycles. The molecule has 0 bridgehead atoms. The Morgan fingerprint density at radius 1 is 1.06 bits per heavy atom. The van der Waals surface area contributed by atoms with Crippen molar-refractivity contribution in [2.75, 3.05) is 46.4 Å². The molecule has 31 heavy (non-hydrogen) atoms. The number of ether oxygens (including phenoxy) is 2. The SMILES string of the molecule is COc1ccc(CN2CC(C#N)C2)cc1OCC(O)CN1CCc2ccccc2CC1. The number of likely N-dealkylation sites (tertiary alicyclic amines) is 1. The molecule has 2 aromatic rings. The van der Waals surface area contributed by atoms with Gasteiger partial charge in [0, 0.05) is 39.3 Å². The first-order valence-corrected chi connectivity index (χ1v) is 11.0. The number of methoxy groups -OCH3 is 1. The van der Waals surface area contributed by atoms with E-state index >= 15 is 0 Å². The van der Waals surface area contributed by atoms with Crippen molar-refractivity contribution < 1.29 is 14.6 Å². The van der Waals surface area contributed by atoms with Crippen LogP contribution in [0.1, 0.15) is 16.7 Å². The van der Waals surface area contributed by atoms with Gasteiger partial charge in [-0.25, -0.2) is 0 Å². The van der Waals surface area contributed by atoms with E-state index in [1.165, 1.54) is 11.1 Å². The largest absolute Gasteiger partial charge is 0.493 e. The molecule has 2 aliphatic heterocycles. The average molecular weight is 422 g/mol. The lowest BCUT2D eigenvalue weighted by Crippen LogP contribution is -2.45. The Kier molecular flexibility index (Phi) is 7.08. The van der Waals surface area contributed by atoms with Crippen molar-refractivity contribution in [2.45, 2.75) is 25.5 Å². The average Bonchev–Trinajstić information content (AvgIpc) is 2.97. The quantitative estimate of drug-likeness (QED) is 0.706. The predicted molar refractivity (Wildman–Crippen MR) is 119 cm³/mol. The van der Waals surface area contributed by atoms with Crippen LogP contribution >= 0.6 is 0 Å². The molecule has 164 valence electrons. The zero-order valence-corrected chi connectivity index (χ0v) is 18.2. The summed E-state index contributed by atoms with van der Waals surface area (Å²) in [4.78, 5) is 4.56. The molecule has 6 nitrogen and oxygen atoms in total. The summed E-state index contributed by atoms with van der Waals surface area (Å²) >= 11 is 0. The zero-order valence-electron chi connectivity index (χ0n) is 18.2. The van der Waals surface area contributed by atoms with Crippen LogP contribution in [0.3, 0.4) is 0 Å². The van der Waals surface area contributed by atoms with Crippen molar-refractivity contribution in [2.24, 2.45) is 5.92 Å². The first-order chi connectivity index (χ1) is 15.1. The summed E-state index contributed by atoms with van der Waals surface area (Å²) in [6.07, 6.45) is 1.47. The molecule has 0 amide bonds. The van der Waals surface area contributed by atoms with Gasteiger partial charge >= 0.3 is 0 Å². The smallest absolute Gasteiger partial charge is 0.161 e. The van der Waals surface area contributed by atoms with E-state index in [1.54, 1.807) is 7.11 Å². The van der Waals surface area contributed by atoms with Gasteiger partial charge in [0.1, 0.15) is 12.7 Å². The molecule has 0 aliphatic carbocycles. The van der Waals surface area contributed by atoms with Gasteiger partial charge in [-0.1, -0.05) is 30.3 Å². The number of hydrogen-bond donors (Lipinski definition) is 1. The minimum Gasteiger partial charge on any atom is -0.493 e. The van der Waals surface area contributed by atoms with Gasteiger partial charge in [-0.2, -0.15) is 5.26 Å². The zero-order chi connectivity index (χ0) is 21.6. The van der Waals surface area contributed by atoms with Crippen LogP contribution in [0.2, 0.25) is 0 Å². The fourth-order valence-corrected chi connectivity index (χ4v) is 4.40. The standard InChI is InChI=1S/C25H31N3O3/c1-30-24-7-6-19(14-28-15-20(13-26)16-28)12-25(24)31-18-23(29)17-27-10-8-21-4-2-3-5-22(21)9-11-27/h2-7,12,20,23,29H,8-11,14-18H2,1H3. The van der Waals surface area contributed by atoms with Crippen molar-refractivity contribution in [3.8, 4) is 17.6 Å². The summed E-state index contributed by atoms with van der Waals surface area (Å²) in [5.41, 5.74) is 3.95. The molecule has 1 N–H and O–H groups in total. The number of aliphatic hydroxyl groups excluding tert-OH is 1. The second-order valence-corrected chi connectivity index (χ2v) is 8.54. The molecule has 2 aliphatic rings. The van der Waals surface area contributed by atoms with Gasteiger partial charge in [0.25, 0.3) is 0 Å². The van der Waals surface area contributed by atoms with Crippen molar-refractivity contribution in [1.29, 1.82) is 5.26 Å². The fourth-order valence-electron chi connectivity index (χ4n) is 4.40. The molecule has 0 spiro atoms. The highest BCUT2D eigenvalue weighted by Gasteiger charge is 2.26. The van der Waals surface area contributed by atoms with E-state index in [4.69, 9.17) is 14.7 Å². The van der Waals surface area contributed by atoms with Gasteiger partial charge < -0.3 is 14.6 Å². The number of nitrogens with zero attached hydrogens (tertiary/aromatic N) is 3. The molecular formula is C25H31N3O3. The third-order valence-corrected chi connectivity index (χ3v) is 6.19. The number of nitriles is 1. The lowest BCUT2D eigenvalue weighted by Gasteiger charge is -2.35. The Morgan fingerprint density at radius 3 is 2.42 bits per heavy atom. The fraction of sp³-hybridized carbons (Fsp3) is 0.480. The topological polar surface area (TPSA) is 69.0 Å². The van der Waals surface area contributed by atoms with Crippen LogP contribution in [-0.2, 0) is 19.4 Å². The third kappa shape index (κ3) is 5.56. The molecule has 1 fully saturated rings. The van der Waals surface area contributed by atoms with Gasteiger partial charge in [0.15, 0.2) is 11.5 Å². The Hall–Kier alpha value is -2.59. The number of hydrogen-bond acceptors (Lipinski definition) is 6. The molecule has 0 saturated carbocycles. The maximum atomic E-state index is 10.6. The van der Waals surface area contributed by atoms with E-state index in [9.17, 15) is 5.11 Å². The lowest BCUT2D eigenvalue weighted by molar-refractivity contribution is 0.0684. The number of rotatable bonds is 8. The normalized spacial score (nSPS) is 18.4. The van der Waals surface area contributed by atoms with E-state index < -0.39 is 6.10 Å². The second kappa shape index (κ2) is 10.1. The first-order valence-electron chi connectivity index (χ1n) is 11.0. The minimum absolute atomic E-state index is 0.149. The summed E-state index contributed by atoms with van der Waals surface area (Å²) in [7, 11) is 1.63. The Balaban J connectivity index is 1.29. The van der Waals surface area contributed by atoms with Crippen molar-refractivity contribution in [3.05, 3.63) is 59.2 Å². The van der Waals surface area contributed by atoms with E-state index in [-0.39, 0.29) is 12.5 Å². The van der Waals surface area contributed by atoms with Gasteiger partial charge in [0.05, 0.1) is 19.1 Å². The Morgan fingerprint density at radius 2 is 1.77 bits per heavy atom. The van der Waals surface area contributed by atoms with Gasteiger partial charge in [0.2, 0.25) is 0 Å². The molecule has 4 rings (SSSR count). The molecule has 6 heteroatoms. The van der Waals surface area contributed by atoms with Crippen molar-refractivity contribution >= 4 is 0 Å². The van der Waals surface area contributed by atoms with E-state index in [0.29, 0.717) is 18.0 Å². The number of benzene rings is 2. The van der Waals surface area contributed by atoms with Crippen LogP contribution < -0.4 is 9.47 Å². The predicted octanol–water partition coefficient (Wildman–Crippen LogP) is 2.49. The highest BCUT2D eigenvalue weighted by molar-refractivity contribution is 5.43. The highest BCUT2D eigenvalue weighted by Crippen LogP contribution is 2.30. The van der Waals surface area contributed by atoms with E-state index in [2.05, 4.69) is 40.1 Å². The van der Waals surface area contributed by atoms with Gasteiger partial charge in [-0.05, 0) is 41.7 Å². The minimum atomic E-state index is -0.568. The molecule has 2 aromatic carbocycles. The molecule has 0 radical (unpaired) electrons. The van der Waals surface area contributed by atoms with Crippen LogP contribution in [-0.4, -0.2) is 67.5 Å². The first kappa shape index (κ1) is 21.6. The van der Waals surface area contributed by atoms with Crippen molar-refractivity contribution in [1.82, 2.24) is 9.80 Å². The summed E-state index contributed by atoms with van der Waals surface area (Å²) < 4.78 is 11.4. The lowest BCUT2D eigenvalue weighted by atomic mass is 10.0. The van der Waals surface area contributed by atoms with Gasteiger partial charge in [-0.15, -0.1) is 0 Å². The second-order valence-electron chi connectivity index (χ2n) is 8.54. The van der Waals surface area contributed by atoms with E-state index in [1.807, 2.05) is 18.2 Å². The summed E-state index contributed by atoms with van der Waals surface area (Å²) in [5.74, 6) is 1.47. The Bertz CT molecular complexity index is 893. The van der Waals surface area contributed by atoms with Gasteiger partial charge in [-0.3, -0.25) is 9.80 Å². The van der Waals surface area contributed by atoms with Crippen LogP contribution in [0.5, 0.6) is 11.5 Å². The summed E-state index contributed by atoms with van der Waals surface area (Å²) in [5, 5.41) is 19.5. The summed E-state index contributed by atoms with van der Waals surface area (Å²) in [6, 6.07) is 16.8. The third-order valence-electron chi connectivity index (χ3n) is 6.19. The molecule has 1 unspecified atom stereocenters. The maximum absolute atomic E-state index is 10.6. The van der Waals surface area contributed by atoms with Crippen LogP contribution in [0.15, 0.2) is 42.5 Å². The summed E-state index contributed by atoms with van der Waals surface area (Å²) in [6.45, 7) is 5.14. The molecular weight excluding hydrogens is 390 g/mol. The number of aliphatic hydroxyl groups is 1. The molecule has 2 heterocycles. The van der Waals surface area contributed by atoms with Crippen molar-refractivity contribution in [3.63, 3.8) is 0 Å². The van der Waals surface area contributed by atoms with Crippen LogP contribution in [0.4, 0.5) is 0 Å². The monoisotopic (exact) mass is 421 g/mol. The van der Waals surface area contributed by atoms with E-state index in [0.717, 1.165) is 51.1 Å². The molecule has 0 aromatic heterocycles. The number of β-amino-alcohol motifs (C(OH)–C–C–N with tert-alkyl or cyclic N) is 1. The molecule has 1 atom stereocenters. The van der Waals surface area contributed by atoms with Crippen LogP contribution in [0, 0.1) is 17.2 Å². The Labute approximate surface area is 184 Å². The van der Waals surface area contributed by atoms with Crippen LogP contribution in [0.25, 0.3) is 0 Å². The number of fused-ring (bicyclic) bond motifs is 1.